The first-order valence-electron chi connectivity index (χ1n) is 7.07. The Morgan fingerprint density at radius 3 is 2.39 bits per heavy atom. The summed E-state index contributed by atoms with van der Waals surface area (Å²) in [5.74, 6) is -0.0867. The van der Waals surface area contributed by atoms with Crippen molar-refractivity contribution >= 4 is 35.0 Å². The summed E-state index contributed by atoms with van der Waals surface area (Å²) in [6.07, 6.45) is 0. The minimum Gasteiger partial charge on any atom is -0.506 e. The number of hydrogen-bond donors (Lipinski definition) is 3. The van der Waals surface area contributed by atoms with E-state index in [0.29, 0.717) is 5.69 Å². The second-order valence-electron chi connectivity index (χ2n) is 4.98. The number of anilines is 2. The molecule has 2 aromatic carbocycles. The van der Waals surface area contributed by atoms with Crippen molar-refractivity contribution in [1.82, 2.24) is 0 Å². The molecule has 120 valence electrons. The predicted molar refractivity (Wildman–Crippen MR) is 93.9 cm³/mol. The number of para-hydroxylation sites is 2. The lowest BCUT2D eigenvalue weighted by atomic mass is 10.2. The molecule has 0 unspecified atom stereocenters. The maximum absolute atomic E-state index is 11.8. The lowest BCUT2D eigenvalue weighted by Gasteiger charge is -2.07. The normalized spacial score (nSPS) is 10.1. The van der Waals surface area contributed by atoms with Gasteiger partial charge in [-0.25, -0.2) is 0 Å². The van der Waals surface area contributed by atoms with Crippen LogP contribution in [0.1, 0.15) is 5.56 Å². The van der Waals surface area contributed by atoms with Gasteiger partial charge in [-0.05, 0) is 36.8 Å². The predicted octanol–water partition coefficient (Wildman–Crippen LogP) is 3.01. The van der Waals surface area contributed by atoms with Crippen molar-refractivity contribution < 1.29 is 14.7 Å². The van der Waals surface area contributed by atoms with Crippen LogP contribution in [0.2, 0.25) is 0 Å². The van der Waals surface area contributed by atoms with E-state index in [4.69, 9.17) is 0 Å². The molecule has 0 bridgehead atoms. The van der Waals surface area contributed by atoms with E-state index in [1.807, 2.05) is 31.2 Å². The molecule has 2 aromatic rings. The number of phenols is 1. The summed E-state index contributed by atoms with van der Waals surface area (Å²) >= 11 is 1.21. The highest BCUT2D eigenvalue weighted by molar-refractivity contribution is 8.00. The Labute approximate surface area is 139 Å². The Kier molecular flexibility index (Phi) is 6.05. The number of rotatable bonds is 6. The van der Waals surface area contributed by atoms with Crippen molar-refractivity contribution in [1.29, 1.82) is 0 Å². The van der Waals surface area contributed by atoms with E-state index in [-0.39, 0.29) is 29.1 Å². The van der Waals surface area contributed by atoms with Gasteiger partial charge in [0.05, 0.1) is 17.2 Å². The quantitative estimate of drug-likeness (QED) is 0.712. The first kappa shape index (κ1) is 16.9. The van der Waals surface area contributed by atoms with Gasteiger partial charge in [0.15, 0.2) is 0 Å². The summed E-state index contributed by atoms with van der Waals surface area (Å²) in [6, 6.07) is 14.0. The number of aryl methyl sites for hydroxylation is 1. The monoisotopic (exact) mass is 330 g/mol. The Balaban J connectivity index is 1.73. The molecule has 0 aliphatic carbocycles. The Bertz CT molecular complexity index is 704. The molecule has 3 N–H and O–H groups in total. The van der Waals surface area contributed by atoms with Crippen LogP contribution in [0.25, 0.3) is 0 Å². The van der Waals surface area contributed by atoms with Crippen LogP contribution in [0, 0.1) is 6.92 Å². The van der Waals surface area contributed by atoms with E-state index in [9.17, 15) is 14.7 Å². The van der Waals surface area contributed by atoms with Gasteiger partial charge in [0.25, 0.3) is 0 Å². The number of hydrogen-bond acceptors (Lipinski definition) is 4. The highest BCUT2D eigenvalue weighted by atomic mass is 32.2. The van der Waals surface area contributed by atoms with Crippen molar-refractivity contribution in [3.05, 3.63) is 54.1 Å². The summed E-state index contributed by atoms with van der Waals surface area (Å²) in [7, 11) is 0. The molecule has 2 rings (SSSR count). The van der Waals surface area contributed by atoms with Gasteiger partial charge < -0.3 is 15.7 Å². The first-order valence-corrected chi connectivity index (χ1v) is 8.22. The lowest BCUT2D eigenvalue weighted by molar-refractivity contribution is -0.114. The van der Waals surface area contributed by atoms with E-state index in [1.165, 1.54) is 17.8 Å². The van der Waals surface area contributed by atoms with Gasteiger partial charge in [-0.3, -0.25) is 9.59 Å². The zero-order valence-electron chi connectivity index (χ0n) is 12.7. The molecule has 0 saturated heterocycles. The molecule has 0 aliphatic heterocycles. The minimum atomic E-state index is -0.264. The topological polar surface area (TPSA) is 78.4 Å². The van der Waals surface area contributed by atoms with Gasteiger partial charge in [-0.2, -0.15) is 0 Å². The highest BCUT2D eigenvalue weighted by Crippen LogP contribution is 2.21. The third-order valence-electron chi connectivity index (χ3n) is 2.95. The Hall–Kier alpha value is -2.47. The van der Waals surface area contributed by atoms with Crippen molar-refractivity contribution in [3.8, 4) is 5.75 Å². The summed E-state index contributed by atoms with van der Waals surface area (Å²) in [4.78, 5) is 23.6. The van der Waals surface area contributed by atoms with Gasteiger partial charge in [0.2, 0.25) is 11.8 Å². The van der Waals surface area contributed by atoms with Gasteiger partial charge in [0, 0.05) is 5.69 Å². The van der Waals surface area contributed by atoms with Gasteiger partial charge in [-0.1, -0.05) is 24.3 Å². The SMILES string of the molecule is Cc1cccc(NC(=O)CSCC(=O)Nc2ccccc2O)c1. The fourth-order valence-corrected chi connectivity index (χ4v) is 2.54. The molecule has 0 aliphatic rings. The van der Waals surface area contributed by atoms with Crippen LogP contribution in [0.3, 0.4) is 0 Å². The number of carbonyl (C=O) groups is 2. The number of amides is 2. The van der Waals surface area contributed by atoms with Crippen LogP contribution in [-0.2, 0) is 9.59 Å². The summed E-state index contributed by atoms with van der Waals surface area (Å²) in [5, 5.41) is 15.0. The molecule has 0 radical (unpaired) electrons. The van der Waals surface area contributed by atoms with E-state index >= 15 is 0 Å². The molecule has 5 nitrogen and oxygen atoms in total. The third-order valence-corrected chi connectivity index (χ3v) is 3.88. The molecule has 0 atom stereocenters. The Morgan fingerprint density at radius 2 is 1.70 bits per heavy atom. The minimum absolute atomic E-state index is 0.0167. The number of benzene rings is 2. The fourth-order valence-electron chi connectivity index (χ4n) is 1.92. The van der Waals surface area contributed by atoms with Crippen molar-refractivity contribution in [3.63, 3.8) is 0 Å². The molecule has 0 fully saturated rings. The largest absolute Gasteiger partial charge is 0.506 e. The molecule has 0 saturated carbocycles. The molecule has 6 heteroatoms. The molecule has 2 amide bonds. The van der Waals surface area contributed by atoms with Crippen molar-refractivity contribution in [2.45, 2.75) is 6.92 Å². The van der Waals surface area contributed by atoms with Crippen LogP contribution >= 0.6 is 11.8 Å². The molecular formula is C17H18N2O3S. The number of phenolic OH excluding ortho intramolecular Hbond substituents is 1. The average molecular weight is 330 g/mol. The molecule has 23 heavy (non-hydrogen) atoms. The number of thioether (sulfide) groups is 1. The number of carbonyl (C=O) groups excluding carboxylic acids is 2. The summed E-state index contributed by atoms with van der Waals surface area (Å²) in [5.41, 5.74) is 2.18. The van der Waals surface area contributed by atoms with E-state index in [0.717, 1.165) is 11.3 Å². The van der Waals surface area contributed by atoms with E-state index < -0.39 is 0 Å². The highest BCUT2D eigenvalue weighted by Gasteiger charge is 2.08. The maximum atomic E-state index is 11.8. The molecular weight excluding hydrogens is 312 g/mol. The van der Waals surface area contributed by atoms with Crippen LogP contribution < -0.4 is 10.6 Å². The zero-order chi connectivity index (χ0) is 16.7. The fraction of sp³-hybridized carbons (Fsp3) is 0.176. The smallest absolute Gasteiger partial charge is 0.234 e. The maximum Gasteiger partial charge on any atom is 0.234 e. The van der Waals surface area contributed by atoms with E-state index in [1.54, 1.807) is 18.2 Å². The second kappa shape index (κ2) is 8.24. The first-order chi connectivity index (χ1) is 11.0. The van der Waals surface area contributed by atoms with Gasteiger partial charge >= 0.3 is 0 Å². The standard InChI is InChI=1S/C17H18N2O3S/c1-12-5-4-6-13(9-12)18-16(21)10-23-11-17(22)19-14-7-2-3-8-15(14)20/h2-9,20H,10-11H2,1H3,(H,18,21)(H,19,22). The van der Waals surface area contributed by atoms with Crippen LogP contribution in [0.5, 0.6) is 5.75 Å². The van der Waals surface area contributed by atoms with Crippen LogP contribution in [0.4, 0.5) is 11.4 Å². The van der Waals surface area contributed by atoms with Crippen LogP contribution in [-0.4, -0.2) is 28.4 Å². The van der Waals surface area contributed by atoms with Crippen LogP contribution in [0.15, 0.2) is 48.5 Å². The summed E-state index contributed by atoms with van der Waals surface area (Å²) in [6.45, 7) is 1.95. The Morgan fingerprint density at radius 1 is 1.00 bits per heavy atom. The van der Waals surface area contributed by atoms with Crippen molar-refractivity contribution in [2.75, 3.05) is 22.1 Å². The van der Waals surface area contributed by atoms with Gasteiger partial charge in [0.1, 0.15) is 5.75 Å². The average Bonchev–Trinajstić information content (AvgIpc) is 2.49. The molecule has 0 heterocycles. The lowest BCUT2D eigenvalue weighted by Crippen LogP contribution is -2.18. The molecule has 0 aromatic heterocycles. The second-order valence-corrected chi connectivity index (χ2v) is 5.96. The van der Waals surface area contributed by atoms with Gasteiger partial charge in [-0.15, -0.1) is 11.8 Å². The van der Waals surface area contributed by atoms with Crippen molar-refractivity contribution in [2.24, 2.45) is 0 Å². The van der Waals surface area contributed by atoms with E-state index in [2.05, 4.69) is 10.6 Å². The number of aromatic hydroxyl groups is 1. The summed E-state index contributed by atoms with van der Waals surface area (Å²) < 4.78 is 0. The number of nitrogens with one attached hydrogen (secondary N) is 2. The molecule has 0 spiro atoms. The zero-order valence-corrected chi connectivity index (χ0v) is 13.5. The third kappa shape index (κ3) is 5.67.